The molecule has 4 nitrogen and oxygen atoms in total. The van der Waals surface area contributed by atoms with Crippen molar-refractivity contribution in [3.63, 3.8) is 0 Å². The van der Waals surface area contributed by atoms with Gasteiger partial charge in [0.05, 0.1) is 19.6 Å². The zero-order valence-corrected chi connectivity index (χ0v) is 14.0. The largest absolute Gasteiger partial charge is 0.497 e. The lowest BCUT2D eigenvalue weighted by molar-refractivity contribution is -0.115. The molecule has 1 amide bonds. The highest BCUT2D eigenvalue weighted by Crippen LogP contribution is 2.25. The Kier molecular flexibility index (Phi) is 5.36. The number of hydrogen-bond acceptors (Lipinski definition) is 3. The van der Waals surface area contributed by atoms with Crippen LogP contribution in [0.25, 0.3) is 0 Å². The van der Waals surface area contributed by atoms with E-state index in [9.17, 15) is 4.79 Å². The Bertz CT molecular complexity index is 693. The van der Waals surface area contributed by atoms with Crippen molar-refractivity contribution >= 4 is 11.6 Å². The summed E-state index contributed by atoms with van der Waals surface area (Å²) in [6.45, 7) is 0. The van der Waals surface area contributed by atoms with Gasteiger partial charge in [0, 0.05) is 11.8 Å². The number of rotatable bonds is 6. The van der Waals surface area contributed by atoms with Crippen LogP contribution in [0.1, 0.15) is 31.2 Å². The molecule has 0 radical (unpaired) electrons. The molecule has 0 aromatic heterocycles. The van der Waals surface area contributed by atoms with E-state index in [1.54, 1.807) is 7.11 Å². The molecule has 126 valence electrons. The van der Waals surface area contributed by atoms with Crippen LogP contribution in [0.5, 0.6) is 11.5 Å². The van der Waals surface area contributed by atoms with Crippen molar-refractivity contribution in [1.29, 1.82) is 0 Å². The minimum atomic E-state index is -0.0544. The summed E-state index contributed by atoms with van der Waals surface area (Å²) in [5, 5.41) is 2.93. The molecule has 1 aliphatic carbocycles. The molecule has 2 aromatic carbocycles. The summed E-state index contributed by atoms with van der Waals surface area (Å²) in [4.78, 5) is 12.2. The molecule has 0 unspecified atom stereocenters. The van der Waals surface area contributed by atoms with Crippen molar-refractivity contribution in [2.24, 2.45) is 0 Å². The highest BCUT2D eigenvalue weighted by molar-refractivity contribution is 5.92. The Morgan fingerprint density at radius 3 is 2.62 bits per heavy atom. The molecule has 24 heavy (non-hydrogen) atoms. The predicted molar refractivity (Wildman–Crippen MR) is 94.7 cm³/mol. The third kappa shape index (κ3) is 4.51. The van der Waals surface area contributed by atoms with Crippen LogP contribution in [0.3, 0.4) is 0 Å². The van der Waals surface area contributed by atoms with E-state index in [1.165, 1.54) is 12.8 Å². The van der Waals surface area contributed by atoms with Crippen molar-refractivity contribution in [3.8, 4) is 11.5 Å². The van der Waals surface area contributed by atoms with Crippen molar-refractivity contribution in [1.82, 2.24) is 0 Å². The summed E-state index contributed by atoms with van der Waals surface area (Å²) in [6, 6.07) is 15.2. The van der Waals surface area contributed by atoms with Crippen molar-refractivity contribution in [2.45, 2.75) is 38.2 Å². The van der Waals surface area contributed by atoms with Gasteiger partial charge in [0.15, 0.2) is 0 Å². The Labute approximate surface area is 142 Å². The van der Waals surface area contributed by atoms with Gasteiger partial charge in [0.25, 0.3) is 0 Å². The molecule has 1 saturated carbocycles. The molecule has 0 aliphatic heterocycles. The molecule has 0 saturated heterocycles. The lowest BCUT2D eigenvalue weighted by Crippen LogP contribution is -2.15. The van der Waals surface area contributed by atoms with Gasteiger partial charge in [-0.15, -0.1) is 0 Å². The second-order valence-corrected chi connectivity index (χ2v) is 6.13. The second kappa shape index (κ2) is 7.86. The third-order valence-electron chi connectivity index (χ3n) is 4.22. The van der Waals surface area contributed by atoms with E-state index in [0.717, 1.165) is 35.6 Å². The maximum Gasteiger partial charge on any atom is 0.228 e. The van der Waals surface area contributed by atoms with E-state index in [-0.39, 0.29) is 5.91 Å². The topological polar surface area (TPSA) is 47.6 Å². The fourth-order valence-electron chi connectivity index (χ4n) is 3.02. The van der Waals surface area contributed by atoms with E-state index in [4.69, 9.17) is 9.47 Å². The van der Waals surface area contributed by atoms with Gasteiger partial charge in [-0.25, -0.2) is 0 Å². The first-order chi connectivity index (χ1) is 11.7. The van der Waals surface area contributed by atoms with Gasteiger partial charge in [-0.2, -0.15) is 0 Å². The quantitative estimate of drug-likeness (QED) is 0.866. The average molecular weight is 325 g/mol. The highest BCUT2D eigenvalue weighted by atomic mass is 16.5. The normalized spacial score (nSPS) is 14.4. The fraction of sp³-hybridized carbons (Fsp3) is 0.350. The van der Waals surface area contributed by atoms with Crippen LogP contribution in [0, 0.1) is 0 Å². The molecule has 1 aliphatic rings. The van der Waals surface area contributed by atoms with Crippen LogP contribution in [-0.2, 0) is 11.2 Å². The van der Waals surface area contributed by atoms with E-state index in [1.807, 2.05) is 48.5 Å². The van der Waals surface area contributed by atoms with Crippen molar-refractivity contribution < 1.29 is 14.3 Å². The maximum atomic E-state index is 12.2. The molecule has 4 heteroatoms. The Morgan fingerprint density at radius 1 is 1.08 bits per heavy atom. The number of carbonyl (C=O) groups excluding carboxylic acids is 1. The Morgan fingerprint density at radius 2 is 1.83 bits per heavy atom. The molecule has 0 atom stereocenters. The van der Waals surface area contributed by atoms with Crippen molar-refractivity contribution in [2.75, 3.05) is 12.4 Å². The zero-order valence-electron chi connectivity index (χ0n) is 14.0. The molecular weight excluding hydrogens is 302 g/mol. The molecule has 2 aromatic rings. The molecule has 0 bridgehead atoms. The van der Waals surface area contributed by atoms with Crippen LogP contribution in [0.4, 0.5) is 5.69 Å². The lowest BCUT2D eigenvalue weighted by atomic mass is 10.1. The number of hydrogen-bond donors (Lipinski definition) is 1. The number of amides is 1. The first kappa shape index (κ1) is 16.4. The minimum Gasteiger partial charge on any atom is -0.497 e. The van der Waals surface area contributed by atoms with Crippen LogP contribution in [-0.4, -0.2) is 19.1 Å². The van der Waals surface area contributed by atoms with Gasteiger partial charge in [-0.05, 0) is 55.5 Å². The number of benzene rings is 2. The summed E-state index contributed by atoms with van der Waals surface area (Å²) < 4.78 is 11.2. The van der Waals surface area contributed by atoms with Gasteiger partial charge in [0.1, 0.15) is 11.5 Å². The van der Waals surface area contributed by atoms with Crippen LogP contribution >= 0.6 is 0 Å². The number of methoxy groups -OCH3 is 1. The fourth-order valence-corrected chi connectivity index (χ4v) is 3.02. The number of anilines is 1. The molecule has 1 fully saturated rings. The molecular formula is C20H23NO3. The SMILES string of the molecule is COc1cccc(CC(=O)Nc2cccc(OC3CCCC3)c2)c1. The van der Waals surface area contributed by atoms with E-state index < -0.39 is 0 Å². The first-order valence-corrected chi connectivity index (χ1v) is 8.42. The van der Waals surface area contributed by atoms with Crippen LogP contribution in [0.2, 0.25) is 0 Å². The zero-order chi connectivity index (χ0) is 16.8. The summed E-state index contributed by atoms with van der Waals surface area (Å²) in [7, 11) is 1.62. The van der Waals surface area contributed by atoms with Crippen LogP contribution < -0.4 is 14.8 Å². The first-order valence-electron chi connectivity index (χ1n) is 8.42. The van der Waals surface area contributed by atoms with Crippen molar-refractivity contribution in [3.05, 3.63) is 54.1 Å². The van der Waals surface area contributed by atoms with Crippen LogP contribution in [0.15, 0.2) is 48.5 Å². The Balaban J connectivity index is 1.59. The van der Waals surface area contributed by atoms with Gasteiger partial charge < -0.3 is 14.8 Å². The van der Waals surface area contributed by atoms with E-state index >= 15 is 0 Å². The monoisotopic (exact) mass is 325 g/mol. The summed E-state index contributed by atoms with van der Waals surface area (Å²) in [5.74, 6) is 1.52. The molecule has 0 heterocycles. The number of carbonyl (C=O) groups is 1. The van der Waals surface area contributed by atoms with Gasteiger partial charge in [0.2, 0.25) is 5.91 Å². The molecule has 0 spiro atoms. The smallest absolute Gasteiger partial charge is 0.228 e. The predicted octanol–water partition coefficient (Wildman–Crippen LogP) is 4.20. The summed E-state index contributed by atoms with van der Waals surface area (Å²) in [5.41, 5.74) is 1.68. The van der Waals surface area contributed by atoms with Gasteiger partial charge in [-0.3, -0.25) is 4.79 Å². The lowest BCUT2D eigenvalue weighted by Gasteiger charge is -2.14. The van der Waals surface area contributed by atoms with E-state index in [2.05, 4.69) is 5.32 Å². The summed E-state index contributed by atoms with van der Waals surface area (Å²) >= 11 is 0. The summed E-state index contributed by atoms with van der Waals surface area (Å²) in [6.07, 6.45) is 5.33. The second-order valence-electron chi connectivity index (χ2n) is 6.13. The third-order valence-corrected chi connectivity index (χ3v) is 4.22. The molecule has 1 N–H and O–H groups in total. The van der Waals surface area contributed by atoms with Gasteiger partial charge in [-0.1, -0.05) is 18.2 Å². The van der Waals surface area contributed by atoms with Gasteiger partial charge >= 0.3 is 0 Å². The standard InChI is InChI=1S/C20H23NO3/c1-23-18-10-4-6-15(12-18)13-20(22)21-16-7-5-11-19(14-16)24-17-8-2-3-9-17/h4-7,10-12,14,17H,2-3,8-9,13H2,1H3,(H,21,22). The average Bonchev–Trinajstić information content (AvgIpc) is 3.08. The minimum absolute atomic E-state index is 0.0544. The Hall–Kier alpha value is -2.49. The maximum absolute atomic E-state index is 12.2. The highest BCUT2D eigenvalue weighted by Gasteiger charge is 2.16. The molecule has 3 rings (SSSR count). The number of ether oxygens (including phenoxy) is 2. The number of nitrogens with one attached hydrogen (secondary N) is 1. The van der Waals surface area contributed by atoms with E-state index in [0.29, 0.717) is 12.5 Å².